The molecule has 1 saturated carbocycles. The Labute approximate surface area is 139 Å². The van der Waals surface area contributed by atoms with Crippen LogP contribution in [-0.2, 0) is 4.79 Å². The highest BCUT2D eigenvalue weighted by Crippen LogP contribution is 2.31. The lowest BCUT2D eigenvalue weighted by Crippen LogP contribution is -2.28. The van der Waals surface area contributed by atoms with Crippen LogP contribution in [0.1, 0.15) is 18.4 Å². The van der Waals surface area contributed by atoms with Gasteiger partial charge < -0.3 is 5.32 Å². The molecular weight excluding hydrogens is 302 g/mol. The third kappa shape index (κ3) is 2.80. The Morgan fingerprint density at radius 2 is 2.08 bits per heavy atom. The van der Waals surface area contributed by atoms with Crippen molar-refractivity contribution in [2.24, 2.45) is 5.92 Å². The Balaban J connectivity index is 1.68. The van der Waals surface area contributed by atoms with Crippen molar-refractivity contribution in [1.29, 1.82) is 0 Å². The summed E-state index contributed by atoms with van der Waals surface area (Å²) < 4.78 is 1.06. The van der Waals surface area contributed by atoms with E-state index < -0.39 is 0 Å². The Morgan fingerprint density at radius 3 is 2.88 bits per heavy atom. The van der Waals surface area contributed by atoms with Gasteiger partial charge in [0.15, 0.2) is 0 Å². The monoisotopic (exact) mass is 320 g/mol. The molecule has 2 N–H and O–H groups in total. The van der Waals surface area contributed by atoms with Gasteiger partial charge in [-0.1, -0.05) is 12.1 Å². The van der Waals surface area contributed by atoms with Gasteiger partial charge in [0, 0.05) is 28.3 Å². The molecule has 1 fully saturated rings. The van der Waals surface area contributed by atoms with Gasteiger partial charge in [0.1, 0.15) is 5.82 Å². The summed E-state index contributed by atoms with van der Waals surface area (Å²) in [5, 5.41) is 14.5. The third-order valence-corrected chi connectivity index (χ3v) is 4.40. The van der Waals surface area contributed by atoms with Crippen molar-refractivity contribution in [2.45, 2.75) is 19.8 Å². The van der Waals surface area contributed by atoms with E-state index in [-0.39, 0.29) is 11.8 Å². The molecule has 5 nitrogen and oxygen atoms in total. The normalized spacial score (nSPS) is 13.9. The van der Waals surface area contributed by atoms with Crippen molar-refractivity contribution >= 4 is 22.5 Å². The minimum atomic E-state index is 0.0610. The lowest BCUT2D eigenvalue weighted by molar-refractivity contribution is -0.904. The van der Waals surface area contributed by atoms with Crippen molar-refractivity contribution < 1.29 is 14.7 Å². The molecule has 0 saturated heterocycles. The minimum absolute atomic E-state index is 0.0610. The smallest absolute Gasteiger partial charge is 0.230 e. The van der Waals surface area contributed by atoms with E-state index in [2.05, 4.69) is 10.3 Å². The first kappa shape index (κ1) is 14.6. The number of aromatic nitrogens is 2. The van der Waals surface area contributed by atoms with E-state index in [1.54, 1.807) is 18.6 Å². The van der Waals surface area contributed by atoms with Crippen LogP contribution in [0.15, 0.2) is 48.9 Å². The zero-order valence-corrected chi connectivity index (χ0v) is 13.4. The third-order valence-electron chi connectivity index (χ3n) is 4.40. The van der Waals surface area contributed by atoms with E-state index in [1.807, 2.05) is 37.3 Å². The van der Waals surface area contributed by atoms with E-state index in [9.17, 15) is 10.0 Å². The summed E-state index contributed by atoms with van der Waals surface area (Å²) in [7, 11) is 0. The Morgan fingerprint density at radius 1 is 1.25 bits per heavy atom. The zero-order chi connectivity index (χ0) is 16.7. The predicted molar refractivity (Wildman–Crippen MR) is 90.6 cm³/mol. The van der Waals surface area contributed by atoms with Crippen LogP contribution < -0.4 is 10.0 Å². The fraction of sp³-hybridized carbons (Fsp3) is 0.211. The number of nitrogens with zero attached hydrogens (tertiary/aromatic N) is 2. The number of nitrogens with one attached hydrogen (secondary N) is 1. The number of rotatable bonds is 3. The maximum Gasteiger partial charge on any atom is 0.230 e. The maximum atomic E-state index is 11.8. The Hall–Kier alpha value is -2.95. The average Bonchev–Trinajstić information content (AvgIpc) is 3.42. The van der Waals surface area contributed by atoms with Crippen LogP contribution in [-0.4, -0.2) is 16.1 Å². The number of hydrogen-bond donors (Lipinski definition) is 2. The van der Waals surface area contributed by atoms with Crippen molar-refractivity contribution in [1.82, 2.24) is 4.98 Å². The molecule has 120 valence electrons. The SMILES string of the molecule is Cc1cc[n+](O)cc1-c1ccc2cc(NC(=O)C3CC3)ncc2c1. The molecule has 5 heteroatoms. The molecular formula is C19H18N3O2+. The molecule has 0 bridgehead atoms. The second kappa shape index (κ2) is 5.60. The number of benzene rings is 1. The van der Waals surface area contributed by atoms with Gasteiger partial charge in [0.25, 0.3) is 0 Å². The van der Waals surface area contributed by atoms with Gasteiger partial charge in [0.05, 0.1) is 5.56 Å². The van der Waals surface area contributed by atoms with Crippen LogP contribution in [0, 0.1) is 12.8 Å². The quantitative estimate of drug-likeness (QED) is 0.576. The summed E-state index contributed by atoms with van der Waals surface area (Å²) in [6, 6.07) is 9.82. The largest absolute Gasteiger partial charge is 0.310 e. The topological polar surface area (TPSA) is 66.1 Å². The van der Waals surface area contributed by atoms with Crippen LogP contribution in [0.3, 0.4) is 0 Å². The molecule has 2 heterocycles. The van der Waals surface area contributed by atoms with E-state index in [0.29, 0.717) is 5.82 Å². The lowest BCUT2D eigenvalue weighted by Gasteiger charge is -2.07. The standard InChI is InChI=1S/C19H17N3O2/c1-12-6-7-22(24)11-17(12)15-5-4-14-9-18(20-10-16(14)8-15)21-19(23)13-2-3-13/h4-11,13H,2-3H2,1H3,(H-,20,21,23,24)/p+1. The van der Waals surface area contributed by atoms with Crippen LogP contribution in [0.4, 0.5) is 5.82 Å². The van der Waals surface area contributed by atoms with Crippen LogP contribution in [0.2, 0.25) is 0 Å². The van der Waals surface area contributed by atoms with E-state index in [0.717, 1.165) is 45.0 Å². The van der Waals surface area contributed by atoms with Gasteiger partial charge in [-0.25, -0.2) is 4.98 Å². The van der Waals surface area contributed by atoms with E-state index >= 15 is 0 Å². The number of aryl methyl sites for hydroxylation is 1. The molecule has 0 aliphatic heterocycles. The Kier molecular flexibility index (Phi) is 3.41. The van der Waals surface area contributed by atoms with Gasteiger partial charge in [-0.2, -0.15) is 0 Å². The molecule has 3 aromatic rings. The summed E-state index contributed by atoms with van der Waals surface area (Å²) in [6.45, 7) is 2.01. The molecule has 0 unspecified atom stereocenters. The van der Waals surface area contributed by atoms with Crippen molar-refractivity contribution in [3.63, 3.8) is 0 Å². The number of carbonyl (C=O) groups is 1. The number of pyridine rings is 2. The second-order valence-electron chi connectivity index (χ2n) is 6.32. The summed E-state index contributed by atoms with van der Waals surface area (Å²) in [5.41, 5.74) is 3.06. The van der Waals surface area contributed by atoms with E-state index in [1.165, 1.54) is 0 Å². The molecule has 0 radical (unpaired) electrons. The molecule has 0 atom stereocenters. The summed E-state index contributed by atoms with van der Waals surface area (Å²) >= 11 is 0. The number of amides is 1. The lowest BCUT2D eigenvalue weighted by atomic mass is 10.0. The molecule has 24 heavy (non-hydrogen) atoms. The van der Waals surface area contributed by atoms with Crippen molar-refractivity contribution in [3.8, 4) is 11.1 Å². The molecule has 0 spiro atoms. The fourth-order valence-electron chi connectivity index (χ4n) is 2.81. The first-order valence-electron chi connectivity index (χ1n) is 8.02. The van der Waals surface area contributed by atoms with Gasteiger partial charge in [-0.3, -0.25) is 10.0 Å². The highest BCUT2D eigenvalue weighted by molar-refractivity contribution is 5.96. The first-order chi connectivity index (χ1) is 11.6. The van der Waals surface area contributed by atoms with Gasteiger partial charge in [-0.05, 0) is 48.4 Å². The molecule has 1 aliphatic carbocycles. The molecule has 4 rings (SSSR count). The fourth-order valence-corrected chi connectivity index (χ4v) is 2.81. The summed E-state index contributed by atoms with van der Waals surface area (Å²) in [5.74, 6) is 0.818. The number of hydrogen-bond acceptors (Lipinski definition) is 3. The number of carbonyl (C=O) groups excluding carboxylic acids is 1. The zero-order valence-electron chi connectivity index (χ0n) is 13.4. The first-order valence-corrected chi connectivity index (χ1v) is 8.02. The highest BCUT2D eigenvalue weighted by Gasteiger charge is 2.29. The minimum Gasteiger partial charge on any atom is -0.310 e. The summed E-state index contributed by atoms with van der Waals surface area (Å²) in [4.78, 5) is 16.2. The van der Waals surface area contributed by atoms with Crippen LogP contribution in [0.5, 0.6) is 0 Å². The highest BCUT2D eigenvalue weighted by atomic mass is 16.5. The maximum absolute atomic E-state index is 11.8. The second-order valence-corrected chi connectivity index (χ2v) is 6.32. The van der Waals surface area contributed by atoms with Crippen LogP contribution in [0.25, 0.3) is 21.9 Å². The molecule has 1 aromatic carbocycles. The van der Waals surface area contributed by atoms with Gasteiger partial charge in [-0.15, -0.1) is 0 Å². The molecule has 1 amide bonds. The Bertz CT molecular complexity index is 948. The number of anilines is 1. The van der Waals surface area contributed by atoms with Crippen LogP contribution >= 0.6 is 0 Å². The van der Waals surface area contributed by atoms with Gasteiger partial charge in [0.2, 0.25) is 18.3 Å². The predicted octanol–water partition coefficient (Wildman–Crippen LogP) is 3.08. The van der Waals surface area contributed by atoms with Crippen molar-refractivity contribution in [3.05, 3.63) is 54.5 Å². The molecule has 1 aliphatic rings. The summed E-state index contributed by atoms with van der Waals surface area (Å²) in [6.07, 6.45) is 7.02. The molecule has 2 aromatic heterocycles. The van der Waals surface area contributed by atoms with Crippen molar-refractivity contribution in [2.75, 3.05) is 5.32 Å². The van der Waals surface area contributed by atoms with Gasteiger partial charge >= 0.3 is 0 Å². The average molecular weight is 320 g/mol. The number of fused-ring (bicyclic) bond motifs is 1. The van der Waals surface area contributed by atoms with E-state index in [4.69, 9.17) is 0 Å².